The SMILES string of the molecule is CNC(c1cc(OC)ncn1)c1c(F)ccc(Br)c1F. The Bertz CT molecular complexity index is 625. The first-order valence-corrected chi connectivity index (χ1v) is 6.54. The van der Waals surface area contributed by atoms with Crippen molar-refractivity contribution in [3.63, 3.8) is 0 Å². The molecule has 0 aliphatic heterocycles. The minimum absolute atomic E-state index is 0.109. The van der Waals surface area contributed by atoms with Gasteiger partial charge < -0.3 is 10.1 Å². The second-order valence-electron chi connectivity index (χ2n) is 3.96. The van der Waals surface area contributed by atoms with Crippen LogP contribution in [-0.4, -0.2) is 24.1 Å². The quantitative estimate of drug-likeness (QED) is 0.867. The molecule has 2 aromatic rings. The predicted molar refractivity (Wildman–Crippen MR) is 73.5 cm³/mol. The van der Waals surface area contributed by atoms with Gasteiger partial charge in [0.25, 0.3) is 0 Å². The van der Waals surface area contributed by atoms with Gasteiger partial charge >= 0.3 is 0 Å². The Morgan fingerprint density at radius 1 is 1.30 bits per heavy atom. The summed E-state index contributed by atoms with van der Waals surface area (Å²) in [5, 5.41) is 2.85. The van der Waals surface area contributed by atoms with Crippen molar-refractivity contribution in [3.05, 3.63) is 51.9 Å². The van der Waals surface area contributed by atoms with E-state index in [4.69, 9.17) is 4.74 Å². The Hall–Kier alpha value is -1.60. The number of methoxy groups -OCH3 is 1. The highest BCUT2D eigenvalue weighted by molar-refractivity contribution is 9.10. The van der Waals surface area contributed by atoms with E-state index in [1.165, 1.54) is 31.6 Å². The van der Waals surface area contributed by atoms with Gasteiger partial charge in [-0.05, 0) is 35.1 Å². The number of halogens is 3. The molecular weight excluding hydrogens is 332 g/mol. The van der Waals surface area contributed by atoms with Crippen LogP contribution in [0.4, 0.5) is 8.78 Å². The molecule has 1 heterocycles. The molecule has 0 aliphatic rings. The maximum absolute atomic E-state index is 14.2. The maximum Gasteiger partial charge on any atom is 0.216 e. The van der Waals surface area contributed by atoms with Gasteiger partial charge in [-0.25, -0.2) is 18.7 Å². The largest absolute Gasteiger partial charge is 0.481 e. The van der Waals surface area contributed by atoms with E-state index in [2.05, 4.69) is 31.2 Å². The Morgan fingerprint density at radius 2 is 2.05 bits per heavy atom. The first kappa shape index (κ1) is 14.8. The fourth-order valence-corrected chi connectivity index (χ4v) is 2.22. The molecule has 1 atom stereocenters. The van der Waals surface area contributed by atoms with Crippen molar-refractivity contribution in [1.29, 1.82) is 0 Å². The summed E-state index contributed by atoms with van der Waals surface area (Å²) in [6.07, 6.45) is 1.28. The van der Waals surface area contributed by atoms with E-state index in [-0.39, 0.29) is 10.0 Å². The van der Waals surface area contributed by atoms with Crippen LogP contribution in [0.3, 0.4) is 0 Å². The monoisotopic (exact) mass is 343 g/mol. The van der Waals surface area contributed by atoms with E-state index in [1.807, 2.05) is 0 Å². The highest BCUT2D eigenvalue weighted by Gasteiger charge is 2.24. The van der Waals surface area contributed by atoms with Crippen molar-refractivity contribution in [2.75, 3.05) is 14.2 Å². The zero-order chi connectivity index (χ0) is 14.7. The van der Waals surface area contributed by atoms with Crippen LogP contribution in [-0.2, 0) is 0 Å². The number of aromatic nitrogens is 2. The molecule has 1 aromatic carbocycles. The van der Waals surface area contributed by atoms with Crippen molar-refractivity contribution < 1.29 is 13.5 Å². The number of rotatable bonds is 4. The lowest BCUT2D eigenvalue weighted by Gasteiger charge is -2.18. The zero-order valence-electron chi connectivity index (χ0n) is 10.8. The second-order valence-corrected chi connectivity index (χ2v) is 4.82. The number of hydrogen-bond acceptors (Lipinski definition) is 4. The van der Waals surface area contributed by atoms with Gasteiger partial charge in [-0.3, -0.25) is 0 Å². The van der Waals surface area contributed by atoms with Crippen molar-refractivity contribution >= 4 is 15.9 Å². The molecule has 1 unspecified atom stereocenters. The third-order valence-electron chi connectivity index (χ3n) is 2.82. The van der Waals surface area contributed by atoms with Gasteiger partial charge in [-0.2, -0.15) is 0 Å². The van der Waals surface area contributed by atoms with E-state index in [1.54, 1.807) is 7.05 Å². The molecule has 0 spiro atoms. The lowest BCUT2D eigenvalue weighted by molar-refractivity contribution is 0.394. The fourth-order valence-electron chi connectivity index (χ4n) is 1.87. The Kier molecular flexibility index (Phi) is 4.61. The Labute approximate surface area is 123 Å². The molecule has 4 nitrogen and oxygen atoms in total. The average Bonchev–Trinajstić information content (AvgIpc) is 2.47. The van der Waals surface area contributed by atoms with Crippen molar-refractivity contribution in [1.82, 2.24) is 15.3 Å². The second kappa shape index (κ2) is 6.23. The molecule has 2 rings (SSSR count). The maximum atomic E-state index is 14.2. The molecule has 0 fully saturated rings. The summed E-state index contributed by atoms with van der Waals surface area (Å²) in [4.78, 5) is 7.92. The van der Waals surface area contributed by atoms with Gasteiger partial charge in [0.1, 0.15) is 18.0 Å². The summed E-state index contributed by atoms with van der Waals surface area (Å²) in [7, 11) is 3.06. The molecule has 20 heavy (non-hydrogen) atoms. The van der Waals surface area contributed by atoms with Gasteiger partial charge in [0, 0.05) is 11.6 Å². The molecule has 7 heteroatoms. The highest BCUT2D eigenvalue weighted by Crippen LogP contribution is 2.30. The van der Waals surface area contributed by atoms with Gasteiger partial charge in [-0.15, -0.1) is 0 Å². The first-order valence-electron chi connectivity index (χ1n) is 5.75. The van der Waals surface area contributed by atoms with Crippen LogP contribution in [0.5, 0.6) is 5.88 Å². The molecule has 0 saturated carbocycles. The van der Waals surface area contributed by atoms with Crippen LogP contribution in [0.15, 0.2) is 29.0 Å². The van der Waals surface area contributed by atoms with Crippen LogP contribution in [0, 0.1) is 11.6 Å². The number of nitrogens with zero attached hydrogens (tertiary/aromatic N) is 2. The predicted octanol–water partition coefficient (Wildman–Crippen LogP) is 2.83. The highest BCUT2D eigenvalue weighted by atomic mass is 79.9. The van der Waals surface area contributed by atoms with Gasteiger partial charge in [-0.1, -0.05) is 0 Å². The summed E-state index contributed by atoms with van der Waals surface area (Å²) in [5.74, 6) is -0.990. The zero-order valence-corrected chi connectivity index (χ0v) is 12.4. The lowest BCUT2D eigenvalue weighted by atomic mass is 10.0. The van der Waals surface area contributed by atoms with Crippen molar-refractivity contribution in [2.24, 2.45) is 0 Å². The van der Waals surface area contributed by atoms with Crippen LogP contribution < -0.4 is 10.1 Å². The summed E-state index contributed by atoms with van der Waals surface area (Å²) >= 11 is 3.05. The lowest BCUT2D eigenvalue weighted by Crippen LogP contribution is -2.22. The van der Waals surface area contributed by atoms with E-state index >= 15 is 0 Å². The van der Waals surface area contributed by atoms with Crippen LogP contribution in [0.2, 0.25) is 0 Å². The average molecular weight is 344 g/mol. The summed E-state index contributed by atoms with van der Waals surface area (Å²) in [6.45, 7) is 0. The van der Waals surface area contributed by atoms with E-state index in [0.717, 1.165) is 0 Å². The number of nitrogens with one attached hydrogen (secondary N) is 1. The summed E-state index contributed by atoms with van der Waals surface area (Å²) in [5.41, 5.74) is 0.304. The smallest absolute Gasteiger partial charge is 0.216 e. The first-order chi connectivity index (χ1) is 9.58. The number of benzene rings is 1. The number of ether oxygens (including phenoxy) is 1. The summed E-state index contributed by atoms with van der Waals surface area (Å²) in [6, 6.07) is 3.30. The minimum Gasteiger partial charge on any atom is -0.481 e. The van der Waals surface area contributed by atoms with Crippen LogP contribution in [0.1, 0.15) is 17.3 Å². The Balaban J connectivity index is 2.55. The Morgan fingerprint density at radius 3 is 2.70 bits per heavy atom. The van der Waals surface area contributed by atoms with Gasteiger partial charge in [0.15, 0.2) is 0 Å². The molecule has 106 valence electrons. The van der Waals surface area contributed by atoms with E-state index in [9.17, 15) is 8.78 Å². The third kappa shape index (κ3) is 2.78. The van der Waals surface area contributed by atoms with Crippen molar-refractivity contribution in [2.45, 2.75) is 6.04 Å². The normalized spacial score (nSPS) is 12.2. The van der Waals surface area contributed by atoms with E-state index in [0.29, 0.717) is 11.6 Å². The fraction of sp³-hybridized carbons (Fsp3) is 0.231. The molecular formula is C13H12BrF2N3O. The minimum atomic E-state index is -0.746. The molecule has 1 N–H and O–H groups in total. The molecule has 1 aromatic heterocycles. The van der Waals surface area contributed by atoms with Crippen LogP contribution in [0.25, 0.3) is 0 Å². The molecule has 0 saturated heterocycles. The number of hydrogen-bond donors (Lipinski definition) is 1. The van der Waals surface area contributed by atoms with Gasteiger partial charge in [0.2, 0.25) is 5.88 Å². The third-order valence-corrected chi connectivity index (χ3v) is 3.44. The molecule has 0 amide bonds. The van der Waals surface area contributed by atoms with Gasteiger partial charge in [0.05, 0.1) is 23.3 Å². The summed E-state index contributed by atoms with van der Waals surface area (Å²) < 4.78 is 33.3. The molecule has 0 radical (unpaired) electrons. The molecule has 0 bridgehead atoms. The topological polar surface area (TPSA) is 47.0 Å². The van der Waals surface area contributed by atoms with E-state index < -0.39 is 17.7 Å². The van der Waals surface area contributed by atoms with Crippen LogP contribution >= 0.6 is 15.9 Å². The van der Waals surface area contributed by atoms with Crippen molar-refractivity contribution in [3.8, 4) is 5.88 Å². The molecule has 0 aliphatic carbocycles. The standard InChI is InChI=1S/C13H12BrF2N3O/c1-17-13(9-5-10(20-2)19-6-18-9)11-8(15)4-3-7(14)12(11)16/h3-6,13,17H,1-2H3.